The maximum atomic E-state index is 12.3. The van der Waals surface area contributed by atoms with Gasteiger partial charge in [0.2, 0.25) is 0 Å². The molecule has 2 N–H and O–H groups in total. The Hall–Kier alpha value is -3.09. The molecule has 3 aromatic rings. The molecule has 7 heteroatoms. The quantitative estimate of drug-likeness (QED) is 0.575. The topological polar surface area (TPSA) is 75.3 Å². The van der Waals surface area contributed by atoms with Crippen molar-refractivity contribution < 1.29 is 13.2 Å². The van der Waals surface area contributed by atoms with E-state index in [1.807, 2.05) is 42.5 Å². The van der Waals surface area contributed by atoms with Crippen molar-refractivity contribution in [2.75, 3.05) is 4.72 Å². The summed E-state index contributed by atoms with van der Waals surface area (Å²) in [5.41, 5.74) is 2.47. The number of hydrogen-bond donors (Lipinski definition) is 2. The van der Waals surface area contributed by atoms with Crippen LogP contribution in [-0.2, 0) is 16.6 Å². The number of rotatable bonds is 7. The number of halogens is 1. The van der Waals surface area contributed by atoms with E-state index in [2.05, 4.69) is 10.0 Å². The van der Waals surface area contributed by atoms with Crippen molar-refractivity contribution in [3.8, 4) is 0 Å². The lowest BCUT2D eigenvalue weighted by Gasteiger charge is -2.08. The fourth-order valence-electron chi connectivity index (χ4n) is 2.55. The van der Waals surface area contributed by atoms with E-state index < -0.39 is 10.0 Å². The first-order valence-electron chi connectivity index (χ1n) is 8.80. The Morgan fingerprint density at radius 3 is 2.34 bits per heavy atom. The Balaban J connectivity index is 1.59. The van der Waals surface area contributed by atoms with Gasteiger partial charge in [0.15, 0.2) is 0 Å². The van der Waals surface area contributed by atoms with Crippen molar-refractivity contribution in [3.63, 3.8) is 0 Å². The van der Waals surface area contributed by atoms with Crippen molar-refractivity contribution in [2.45, 2.75) is 6.54 Å². The normalized spacial score (nSPS) is 11.3. The second-order valence-electron chi connectivity index (χ2n) is 6.25. The van der Waals surface area contributed by atoms with Crippen LogP contribution in [0, 0.1) is 0 Å². The SMILES string of the molecule is O=C(NCc1cccc(Cl)c1)c1ccc(NS(=O)(=O)/C=C\c2ccccc2)cc1. The number of benzene rings is 3. The maximum Gasteiger partial charge on any atom is 0.255 e. The molecule has 1 amide bonds. The van der Waals surface area contributed by atoms with Gasteiger partial charge in [-0.2, -0.15) is 0 Å². The summed E-state index contributed by atoms with van der Waals surface area (Å²) >= 11 is 5.93. The van der Waals surface area contributed by atoms with E-state index in [1.54, 1.807) is 36.4 Å². The summed E-state index contributed by atoms with van der Waals surface area (Å²) in [7, 11) is -3.66. The molecule has 0 aliphatic heterocycles. The Morgan fingerprint density at radius 1 is 0.931 bits per heavy atom. The van der Waals surface area contributed by atoms with Crippen LogP contribution in [0.3, 0.4) is 0 Å². The van der Waals surface area contributed by atoms with Crippen LogP contribution in [0.1, 0.15) is 21.5 Å². The Morgan fingerprint density at radius 2 is 1.66 bits per heavy atom. The number of carbonyl (C=O) groups excluding carboxylic acids is 1. The van der Waals surface area contributed by atoms with Crippen LogP contribution in [0.4, 0.5) is 5.69 Å². The molecule has 0 unspecified atom stereocenters. The van der Waals surface area contributed by atoms with Crippen molar-refractivity contribution in [2.24, 2.45) is 0 Å². The van der Waals surface area contributed by atoms with E-state index in [0.717, 1.165) is 16.5 Å². The molecule has 3 rings (SSSR count). The molecule has 0 bridgehead atoms. The van der Waals surface area contributed by atoms with Gasteiger partial charge in [0.1, 0.15) is 0 Å². The van der Waals surface area contributed by atoms with E-state index in [-0.39, 0.29) is 5.91 Å². The van der Waals surface area contributed by atoms with Crippen LogP contribution in [-0.4, -0.2) is 14.3 Å². The molecular weight excluding hydrogens is 408 g/mol. The lowest BCUT2D eigenvalue weighted by atomic mass is 10.2. The molecule has 5 nitrogen and oxygen atoms in total. The molecule has 0 saturated heterocycles. The van der Waals surface area contributed by atoms with E-state index in [1.165, 1.54) is 6.08 Å². The molecule has 0 spiro atoms. The van der Waals surface area contributed by atoms with Gasteiger partial charge < -0.3 is 5.32 Å². The minimum absolute atomic E-state index is 0.261. The highest BCUT2D eigenvalue weighted by Gasteiger charge is 2.08. The number of amides is 1. The molecule has 29 heavy (non-hydrogen) atoms. The smallest absolute Gasteiger partial charge is 0.255 e. The number of nitrogens with one attached hydrogen (secondary N) is 2. The summed E-state index contributed by atoms with van der Waals surface area (Å²) in [6, 6.07) is 22.6. The zero-order valence-corrected chi connectivity index (χ0v) is 17.0. The third-order valence-electron chi connectivity index (χ3n) is 3.99. The summed E-state index contributed by atoms with van der Waals surface area (Å²) in [6.07, 6.45) is 1.51. The summed E-state index contributed by atoms with van der Waals surface area (Å²) in [5.74, 6) is -0.261. The van der Waals surface area contributed by atoms with Crippen molar-refractivity contribution in [1.29, 1.82) is 0 Å². The van der Waals surface area contributed by atoms with Crippen LogP contribution < -0.4 is 10.0 Å². The summed E-state index contributed by atoms with van der Waals surface area (Å²) < 4.78 is 26.8. The molecule has 3 aromatic carbocycles. The van der Waals surface area contributed by atoms with E-state index in [4.69, 9.17) is 11.6 Å². The van der Waals surface area contributed by atoms with Crippen molar-refractivity contribution in [3.05, 3.63) is 106 Å². The minimum Gasteiger partial charge on any atom is -0.348 e. The van der Waals surface area contributed by atoms with Crippen molar-refractivity contribution >= 4 is 39.3 Å². The molecule has 0 atom stereocenters. The number of carbonyl (C=O) groups is 1. The highest BCUT2D eigenvalue weighted by molar-refractivity contribution is 7.95. The van der Waals surface area contributed by atoms with E-state index in [9.17, 15) is 13.2 Å². The maximum absolute atomic E-state index is 12.3. The first-order chi connectivity index (χ1) is 13.9. The third-order valence-corrected chi connectivity index (χ3v) is 5.24. The van der Waals surface area contributed by atoms with Crippen molar-refractivity contribution in [1.82, 2.24) is 5.32 Å². The van der Waals surface area contributed by atoms with Crippen LogP contribution in [0.15, 0.2) is 84.3 Å². The third kappa shape index (κ3) is 6.48. The van der Waals surface area contributed by atoms with E-state index in [0.29, 0.717) is 22.8 Å². The highest BCUT2D eigenvalue weighted by Crippen LogP contribution is 2.14. The fraction of sp³-hybridized carbons (Fsp3) is 0.0455. The zero-order chi connectivity index (χ0) is 20.7. The number of hydrogen-bond acceptors (Lipinski definition) is 3. The Labute approximate surface area is 175 Å². The van der Waals surface area contributed by atoms with Gasteiger partial charge in [0.25, 0.3) is 15.9 Å². The van der Waals surface area contributed by atoms with Gasteiger partial charge >= 0.3 is 0 Å². The molecule has 0 fully saturated rings. The Bertz CT molecular complexity index is 1110. The molecule has 0 aromatic heterocycles. The molecule has 0 aliphatic rings. The molecule has 0 aliphatic carbocycles. The summed E-state index contributed by atoms with van der Waals surface area (Å²) in [6.45, 7) is 0.345. The molecule has 148 valence electrons. The van der Waals surface area contributed by atoms with E-state index >= 15 is 0 Å². The Kier molecular flexibility index (Phi) is 6.69. The van der Waals surface area contributed by atoms with Crippen LogP contribution >= 0.6 is 11.6 Å². The minimum atomic E-state index is -3.66. The summed E-state index contributed by atoms with van der Waals surface area (Å²) in [5, 5.41) is 4.51. The van der Waals surface area contributed by atoms with Gasteiger partial charge in [-0.1, -0.05) is 54.1 Å². The predicted molar refractivity (Wildman–Crippen MR) is 117 cm³/mol. The van der Waals surface area contributed by atoms with Gasteiger partial charge in [-0.25, -0.2) is 8.42 Å². The largest absolute Gasteiger partial charge is 0.348 e. The summed E-state index contributed by atoms with van der Waals surface area (Å²) in [4.78, 5) is 12.3. The fourth-order valence-corrected chi connectivity index (χ4v) is 3.63. The second-order valence-corrected chi connectivity index (χ2v) is 8.25. The van der Waals surface area contributed by atoms with Crippen LogP contribution in [0.5, 0.6) is 0 Å². The van der Waals surface area contributed by atoms with Gasteiger partial charge in [0, 0.05) is 22.8 Å². The average molecular weight is 427 g/mol. The first-order valence-corrected chi connectivity index (χ1v) is 10.7. The zero-order valence-electron chi connectivity index (χ0n) is 15.4. The van der Waals surface area contributed by atoms with Crippen LogP contribution in [0.25, 0.3) is 6.08 Å². The first kappa shape index (κ1) is 20.6. The molecule has 0 saturated carbocycles. The number of sulfonamides is 1. The standard InChI is InChI=1S/C22H19ClN2O3S/c23-20-8-4-7-18(15-20)16-24-22(26)19-9-11-21(12-10-19)25-29(27,28)14-13-17-5-2-1-3-6-17/h1-15,25H,16H2,(H,24,26)/b14-13-. The van der Waals surface area contributed by atoms with Crippen LogP contribution in [0.2, 0.25) is 5.02 Å². The second kappa shape index (κ2) is 9.41. The predicted octanol–water partition coefficient (Wildman–Crippen LogP) is 4.68. The van der Waals surface area contributed by atoms with Gasteiger partial charge in [-0.15, -0.1) is 0 Å². The molecule has 0 radical (unpaired) electrons. The lowest BCUT2D eigenvalue weighted by Crippen LogP contribution is -2.22. The van der Waals surface area contributed by atoms with Gasteiger partial charge in [-0.3, -0.25) is 9.52 Å². The van der Waals surface area contributed by atoms with Gasteiger partial charge in [-0.05, 0) is 53.6 Å². The average Bonchev–Trinajstić information content (AvgIpc) is 2.72. The lowest BCUT2D eigenvalue weighted by molar-refractivity contribution is 0.0951. The number of anilines is 1. The highest BCUT2D eigenvalue weighted by atomic mass is 35.5. The monoisotopic (exact) mass is 426 g/mol. The van der Waals surface area contributed by atoms with Gasteiger partial charge in [0.05, 0.1) is 5.41 Å². The molecule has 0 heterocycles. The molecular formula is C22H19ClN2O3S.